The van der Waals surface area contributed by atoms with Crippen molar-refractivity contribution in [3.8, 4) is 11.5 Å². The van der Waals surface area contributed by atoms with E-state index in [9.17, 15) is 0 Å². The Morgan fingerprint density at radius 2 is 1.57 bits per heavy atom. The summed E-state index contributed by atoms with van der Waals surface area (Å²) in [5, 5.41) is 0. The molecule has 2 aromatic rings. The number of rotatable bonds is 4. The van der Waals surface area contributed by atoms with Crippen LogP contribution in [0.3, 0.4) is 0 Å². The Morgan fingerprint density at radius 3 is 2.10 bits per heavy atom. The second kappa shape index (κ2) is 6.53. The van der Waals surface area contributed by atoms with Crippen molar-refractivity contribution in [2.75, 3.05) is 0 Å². The van der Waals surface area contributed by atoms with E-state index in [1.165, 1.54) is 11.1 Å². The fraction of sp³-hybridized carbons (Fsp3) is 0.368. The summed E-state index contributed by atoms with van der Waals surface area (Å²) >= 11 is 5.82. The summed E-state index contributed by atoms with van der Waals surface area (Å²) in [6, 6.07) is 14.4. The fourth-order valence-corrected chi connectivity index (χ4v) is 2.42. The summed E-state index contributed by atoms with van der Waals surface area (Å²) in [6.07, 6.45) is 1.04. The van der Waals surface area contributed by atoms with Gasteiger partial charge in [0.25, 0.3) is 0 Å². The number of hydrogen-bond acceptors (Lipinski definition) is 1. The topological polar surface area (TPSA) is 9.23 Å². The Bertz CT molecular complexity index is 594. The smallest absolute Gasteiger partial charge is 0.131 e. The van der Waals surface area contributed by atoms with Gasteiger partial charge in [0.05, 0.1) is 0 Å². The molecule has 1 nitrogen and oxygen atoms in total. The summed E-state index contributed by atoms with van der Waals surface area (Å²) in [5.41, 5.74) is 3.73. The second-order valence-corrected chi connectivity index (χ2v) is 6.58. The maximum Gasteiger partial charge on any atom is 0.131 e. The molecule has 0 bridgehead atoms. The molecule has 0 aliphatic carbocycles. The van der Waals surface area contributed by atoms with Gasteiger partial charge in [-0.25, -0.2) is 0 Å². The van der Waals surface area contributed by atoms with Crippen LogP contribution in [0.15, 0.2) is 42.5 Å². The van der Waals surface area contributed by atoms with Crippen LogP contribution in [0.2, 0.25) is 0 Å². The molecule has 2 aromatic carbocycles. The lowest BCUT2D eigenvalue weighted by Gasteiger charge is -2.23. The van der Waals surface area contributed by atoms with E-state index in [4.69, 9.17) is 16.3 Å². The van der Waals surface area contributed by atoms with Crippen LogP contribution in [-0.4, -0.2) is 0 Å². The van der Waals surface area contributed by atoms with Gasteiger partial charge in [-0.15, -0.1) is 11.6 Å². The molecule has 0 amide bonds. The monoisotopic (exact) mass is 302 g/mol. The second-order valence-electron chi connectivity index (χ2n) is 6.31. The molecule has 0 N–H and O–H groups in total. The van der Waals surface area contributed by atoms with Crippen LogP contribution in [0.5, 0.6) is 11.5 Å². The van der Waals surface area contributed by atoms with Crippen LogP contribution in [0.25, 0.3) is 0 Å². The van der Waals surface area contributed by atoms with Crippen LogP contribution < -0.4 is 4.74 Å². The van der Waals surface area contributed by atoms with Crippen molar-refractivity contribution < 1.29 is 4.74 Å². The Kier molecular flexibility index (Phi) is 4.95. The normalized spacial score (nSPS) is 11.5. The van der Waals surface area contributed by atoms with E-state index in [-0.39, 0.29) is 5.41 Å². The molecule has 0 aliphatic heterocycles. The van der Waals surface area contributed by atoms with Gasteiger partial charge in [0.15, 0.2) is 0 Å². The Hall–Kier alpha value is -1.47. The number of halogens is 1. The minimum atomic E-state index is 0.0522. The first-order valence-corrected chi connectivity index (χ1v) is 7.93. The Labute approximate surface area is 132 Å². The van der Waals surface area contributed by atoms with E-state index in [2.05, 4.69) is 45.9 Å². The molecule has 0 aromatic heterocycles. The number of aryl methyl sites for hydroxylation is 1. The summed E-state index contributed by atoms with van der Waals surface area (Å²) in [4.78, 5) is 0. The highest BCUT2D eigenvalue weighted by Crippen LogP contribution is 2.35. The average Bonchev–Trinajstić information content (AvgIpc) is 2.47. The molecular weight excluding hydrogens is 280 g/mol. The summed E-state index contributed by atoms with van der Waals surface area (Å²) in [6.45, 7) is 8.81. The number of alkyl halides is 1. The van der Waals surface area contributed by atoms with E-state index in [1.807, 2.05) is 24.3 Å². The van der Waals surface area contributed by atoms with Crippen molar-refractivity contribution >= 4 is 11.6 Å². The third-order valence-electron chi connectivity index (χ3n) is 3.57. The van der Waals surface area contributed by atoms with Crippen molar-refractivity contribution in [2.24, 2.45) is 0 Å². The van der Waals surface area contributed by atoms with Gasteiger partial charge in [-0.1, -0.05) is 52.0 Å². The Balaban J connectivity index is 2.34. The molecule has 0 saturated carbocycles. The van der Waals surface area contributed by atoms with E-state index in [0.29, 0.717) is 5.88 Å². The van der Waals surface area contributed by atoms with Crippen LogP contribution >= 0.6 is 11.6 Å². The van der Waals surface area contributed by atoms with Crippen molar-refractivity contribution in [3.05, 3.63) is 59.2 Å². The van der Waals surface area contributed by atoms with Gasteiger partial charge in [0, 0.05) is 11.4 Å². The third kappa shape index (κ3) is 4.01. The van der Waals surface area contributed by atoms with Crippen molar-refractivity contribution in [2.45, 2.75) is 45.4 Å². The molecule has 112 valence electrons. The zero-order valence-electron chi connectivity index (χ0n) is 13.2. The molecule has 0 saturated heterocycles. The summed E-state index contributed by atoms with van der Waals surface area (Å²) in [5.74, 6) is 2.30. The maximum absolute atomic E-state index is 6.09. The molecule has 0 aliphatic rings. The molecule has 0 radical (unpaired) electrons. The standard InChI is InChI=1S/C19H23ClO/c1-5-14-8-11-18(17(12-14)19(2,3)4)21-16-9-6-15(13-20)7-10-16/h6-12H,5,13H2,1-4H3. The van der Waals surface area contributed by atoms with E-state index in [0.717, 1.165) is 23.5 Å². The molecule has 2 heteroatoms. The predicted octanol–water partition coefficient (Wildman–Crippen LogP) is 6.08. The molecule has 21 heavy (non-hydrogen) atoms. The first kappa shape index (κ1) is 15.9. The van der Waals surface area contributed by atoms with Gasteiger partial charge in [0.2, 0.25) is 0 Å². The SMILES string of the molecule is CCc1ccc(Oc2ccc(CCl)cc2)c(C(C)(C)C)c1. The van der Waals surface area contributed by atoms with Gasteiger partial charge >= 0.3 is 0 Å². The lowest BCUT2D eigenvalue weighted by Crippen LogP contribution is -2.13. The van der Waals surface area contributed by atoms with Crippen LogP contribution in [0, 0.1) is 0 Å². The third-order valence-corrected chi connectivity index (χ3v) is 3.87. The lowest BCUT2D eigenvalue weighted by atomic mass is 9.85. The lowest BCUT2D eigenvalue weighted by molar-refractivity contribution is 0.455. The number of hydrogen-bond donors (Lipinski definition) is 0. The molecule has 0 atom stereocenters. The molecule has 0 heterocycles. The summed E-state index contributed by atoms with van der Waals surface area (Å²) < 4.78 is 6.09. The quantitative estimate of drug-likeness (QED) is 0.622. The molecule has 0 unspecified atom stereocenters. The van der Waals surface area contributed by atoms with Crippen molar-refractivity contribution in [3.63, 3.8) is 0 Å². The minimum Gasteiger partial charge on any atom is -0.457 e. The van der Waals surface area contributed by atoms with Gasteiger partial charge in [-0.3, -0.25) is 0 Å². The average molecular weight is 303 g/mol. The first-order valence-electron chi connectivity index (χ1n) is 7.40. The maximum atomic E-state index is 6.09. The van der Waals surface area contributed by atoms with Gasteiger partial charge in [0.1, 0.15) is 11.5 Å². The minimum absolute atomic E-state index is 0.0522. The van der Waals surface area contributed by atoms with Crippen LogP contribution in [0.1, 0.15) is 44.4 Å². The predicted molar refractivity (Wildman–Crippen MR) is 90.6 cm³/mol. The van der Waals surface area contributed by atoms with Gasteiger partial charge in [-0.2, -0.15) is 0 Å². The van der Waals surface area contributed by atoms with Crippen LogP contribution in [0.4, 0.5) is 0 Å². The Morgan fingerprint density at radius 1 is 0.952 bits per heavy atom. The first-order chi connectivity index (χ1) is 9.94. The fourth-order valence-electron chi connectivity index (χ4n) is 2.25. The molecule has 0 fully saturated rings. The molecule has 0 spiro atoms. The molecule has 2 rings (SSSR count). The van der Waals surface area contributed by atoms with E-state index >= 15 is 0 Å². The number of ether oxygens (including phenoxy) is 1. The zero-order chi connectivity index (χ0) is 15.5. The van der Waals surface area contributed by atoms with E-state index < -0.39 is 0 Å². The zero-order valence-corrected chi connectivity index (χ0v) is 14.0. The summed E-state index contributed by atoms with van der Waals surface area (Å²) in [7, 11) is 0. The number of benzene rings is 2. The molecular formula is C19H23ClO. The highest BCUT2D eigenvalue weighted by atomic mass is 35.5. The van der Waals surface area contributed by atoms with Gasteiger partial charge < -0.3 is 4.74 Å². The van der Waals surface area contributed by atoms with Crippen molar-refractivity contribution in [1.82, 2.24) is 0 Å². The largest absolute Gasteiger partial charge is 0.457 e. The van der Waals surface area contributed by atoms with Crippen molar-refractivity contribution in [1.29, 1.82) is 0 Å². The highest BCUT2D eigenvalue weighted by Gasteiger charge is 2.19. The van der Waals surface area contributed by atoms with Gasteiger partial charge in [-0.05, 0) is 41.2 Å². The van der Waals surface area contributed by atoms with E-state index in [1.54, 1.807) is 0 Å². The van der Waals surface area contributed by atoms with Crippen LogP contribution in [-0.2, 0) is 17.7 Å². The highest BCUT2D eigenvalue weighted by molar-refractivity contribution is 6.17.